The average Bonchev–Trinajstić information content (AvgIpc) is 2.93. The van der Waals surface area contributed by atoms with Gasteiger partial charge in [-0.2, -0.15) is 0 Å². The van der Waals surface area contributed by atoms with Crippen LogP contribution >= 0.6 is 0 Å². The lowest BCUT2D eigenvalue weighted by atomic mass is 10.1. The number of carbonyl (C=O) groups is 1. The summed E-state index contributed by atoms with van der Waals surface area (Å²) in [4.78, 5) is 11.4. The molecule has 1 atom stereocenters. The van der Waals surface area contributed by atoms with Gasteiger partial charge in [0.15, 0.2) is 0 Å². The third kappa shape index (κ3) is 3.45. The summed E-state index contributed by atoms with van der Waals surface area (Å²) in [5.74, 6) is -0.107. The highest BCUT2D eigenvalue weighted by Gasteiger charge is 2.09. The molecule has 2 rings (SSSR count). The van der Waals surface area contributed by atoms with E-state index in [4.69, 9.17) is 4.74 Å². The van der Waals surface area contributed by atoms with Gasteiger partial charge in [0.05, 0.1) is 6.04 Å². The lowest BCUT2D eigenvalue weighted by molar-refractivity contribution is -0.125. The molecule has 1 aromatic heterocycles. The highest BCUT2D eigenvalue weighted by molar-refractivity contribution is 5.77. The Labute approximate surface area is 113 Å². The summed E-state index contributed by atoms with van der Waals surface area (Å²) in [7, 11) is 1.51. The van der Waals surface area contributed by atoms with Crippen LogP contribution in [-0.4, -0.2) is 24.2 Å². The third-order valence-corrected chi connectivity index (χ3v) is 2.95. The van der Waals surface area contributed by atoms with Crippen molar-refractivity contribution in [2.45, 2.75) is 13.0 Å². The summed E-state index contributed by atoms with van der Waals surface area (Å²) < 4.78 is 6.83. The van der Waals surface area contributed by atoms with E-state index in [0.29, 0.717) is 0 Å². The zero-order valence-corrected chi connectivity index (χ0v) is 11.2. The Hall–Kier alpha value is -2.07. The molecule has 19 heavy (non-hydrogen) atoms. The summed E-state index contributed by atoms with van der Waals surface area (Å²) in [5, 5.41) is 2.88. The average molecular weight is 258 g/mol. The minimum atomic E-state index is -0.107. The number of hydrogen-bond donors (Lipinski definition) is 1. The van der Waals surface area contributed by atoms with E-state index in [2.05, 4.69) is 5.32 Å². The number of rotatable bonds is 5. The third-order valence-electron chi connectivity index (χ3n) is 2.95. The standard InChI is InChI=1S/C15H18N2O2/c1-12(16-15(18)11-19-2)13-5-7-14(8-6-13)17-9-3-4-10-17/h3-10,12H,11H2,1-2H3,(H,16,18)/t12-/m0/s1. The molecule has 2 aromatic rings. The first kappa shape index (κ1) is 13.4. The molecule has 1 N–H and O–H groups in total. The molecule has 0 saturated carbocycles. The van der Waals surface area contributed by atoms with E-state index in [1.807, 2.05) is 60.3 Å². The Kier molecular flexibility index (Phi) is 4.36. The minimum absolute atomic E-state index is 0.0265. The first-order chi connectivity index (χ1) is 9.20. The van der Waals surface area contributed by atoms with Gasteiger partial charge < -0.3 is 14.6 Å². The molecule has 1 heterocycles. The maximum Gasteiger partial charge on any atom is 0.246 e. The van der Waals surface area contributed by atoms with Crippen molar-refractivity contribution in [1.82, 2.24) is 9.88 Å². The summed E-state index contributed by atoms with van der Waals surface area (Å²) in [6.45, 7) is 2.05. The second-order valence-corrected chi connectivity index (χ2v) is 4.40. The predicted molar refractivity (Wildman–Crippen MR) is 74.2 cm³/mol. The Bertz CT molecular complexity index is 518. The number of nitrogens with one attached hydrogen (secondary N) is 1. The van der Waals surface area contributed by atoms with Gasteiger partial charge in [-0.05, 0) is 36.8 Å². The quantitative estimate of drug-likeness (QED) is 0.894. The Morgan fingerprint density at radius 3 is 2.47 bits per heavy atom. The van der Waals surface area contributed by atoms with Crippen molar-refractivity contribution in [3.05, 3.63) is 54.4 Å². The van der Waals surface area contributed by atoms with Crippen molar-refractivity contribution < 1.29 is 9.53 Å². The van der Waals surface area contributed by atoms with Crippen molar-refractivity contribution >= 4 is 5.91 Å². The monoisotopic (exact) mass is 258 g/mol. The number of carbonyl (C=O) groups excluding carboxylic acids is 1. The first-order valence-corrected chi connectivity index (χ1v) is 6.22. The van der Waals surface area contributed by atoms with Crippen molar-refractivity contribution in [3.63, 3.8) is 0 Å². The van der Waals surface area contributed by atoms with Crippen LogP contribution in [0.25, 0.3) is 5.69 Å². The summed E-state index contributed by atoms with van der Waals surface area (Å²) in [6, 6.07) is 12.1. The maximum absolute atomic E-state index is 11.4. The number of methoxy groups -OCH3 is 1. The first-order valence-electron chi connectivity index (χ1n) is 6.22. The van der Waals surface area contributed by atoms with Gasteiger partial charge in [-0.3, -0.25) is 4.79 Å². The molecule has 4 heteroatoms. The molecule has 100 valence electrons. The van der Waals surface area contributed by atoms with Gasteiger partial charge in [0.1, 0.15) is 6.61 Å². The molecule has 0 saturated heterocycles. The van der Waals surface area contributed by atoms with Crippen LogP contribution in [0.2, 0.25) is 0 Å². The van der Waals surface area contributed by atoms with Crippen molar-refractivity contribution in [2.75, 3.05) is 13.7 Å². The van der Waals surface area contributed by atoms with Gasteiger partial charge in [-0.25, -0.2) is 0 Å². The van der Waals surface area contributed by atoms with Crippen LogP contribution in [0.1, 0.15) is 18.5 Å². The van der Waals surface area contributed by atoms with E-state index in [9.17, 15) is 4.79 Å². The minimum Gasteiger partial charge on any atom is -0.375 e. The molecule has 0 aliphatic heterocycles. The van der Waals surface area contributed by atoms with Crippen LogP contribution in [0, 0.1) is 0 Å². The molecule has 0 aliphatic carbocycles. The molecule has 0 bridgehead atoms. The lowest BCUT2D eigenvalue weighted by Crippen LogP contribution is -2.29. The Morgan fingerprint density at radius 1 is 1.26 bits per heavy atom. The smallest absolute Gasteiger partial charge is 0.246 e. The zero-order chi connectivity index (χ0) is 13.7. The van der Waals surface area contributed by atoms with Gasteiger partial charge in [0, 0.05) is 25.2 Å². The topological polar surface area (TPSA) is 43.3 Å². The number of ether oxygens (including phenoxy) is 1. The van der Waals surface area contributed by atoms with Crippen LogP contribution in [0.3, 0.4) is 0 Å². The van der Waals surface area contributed by atoms with E-state index in [-0.39, 0.29) is 18.6 Å². The van der Waals surface area contributed by atoms with Crippen molar-refractivity contribution in [1.29, 1.82) is 0 Å². The fraction of sp³-hybridized carbons (Fsp3) is 0.267. The Morgan fingerprint density at radius 2 is 1.89 bits per heavy atom. The molecule has 0 spiro atoms. The van der Waals surface area contributed by atoms with E-state index < -0.39 is 0 Å². The second kappa shape index (κ2) is 6.20. The predicted octanol–water partition coefficient (Wildman–Crippen LogP) is 2.30. The SMILES string of the molecule is COCC(=O)N[C@@H](C)c1ccc(-n2cccc2)cc1. The molecule has 1 amide bonds. The van der Waals surface area contributed by atoms with E-state index in [1.165, 1.54) is 7.11 Å². The summed E-state index contributed by atoms with van der Waals surface area (Å²) in [5.41, 5.74) is 2.17. The van der Waals surface area contributed by atoms with Crippen LogP contribution < -0.4 is 5.32 Å². The van der Waals surface area contributed by atoms with Gasteiger partial charge in [0.2, 0.25) is 5.91 Å². The normalized spacial score (nSPS) is 12.1. The largest absolute Gasteiger partial charge is 0.375 e. The number of nitrogens with zero attached hydrogens (tertiary/aromatic N) is 1. The van der Waals surface area contributed by atoms with E-state index in [0.717, 1.165) is 11.3 Å². The summed E-state index contributed by atoms with van der Waals surface area (Å²) >= 11 is 0. The van der Waals surface area contributed by atoms with Gasteiger partial charge in [-0.1, -0.05) is 12.1 Å². The van der Waals surface area contributed by atoms with E-state index in [1.54, 1.807) is 0 Å². The fourth-order valence-corrected chi connectivity index (χ4v) is 1.94. The van der Waals surface area contributed by atoms with Gasteiger partial charge >= 0.3 is 0 Å². The number of hydrogen-bond acceptors (Lipinski definition) is 2. The molecule has 0 fully saturated rings. The zero-order valence-electron chi connectivity index (χ0n) is 11.2. The number of benzene rings is 1. The van der Waals surface area contributed by atoms with Crippen molar-refractivity contribution in [3.8, 4) is 5.69 Å². The van der Waals surface area contributed by atoms with Crippen LogP contribution in [0.15, 0.2) is 48.8 Å². The second-order valence-electron chi connectivity index (χ2n) is 4.40. The Balaban J connectivity index is 2.04. The van der Waals surface area contributed by atoms with Crippen LogP contribution in [0.4, 0.5) is 0 Å². The lowest BCUT2D eigenvalue weighted by Gasteiger charge is -2.14. The molecule has 0 unspecified atom stereocenters. The fourth-order valence-electron chi connectivity index (χ4n) is 1.94. The van der Waals surface area contributed by atoms with Crippen LogP contribution in [-0.2, 0) is 9.53 Å². The highest BCUT2D eigenvalue weighted by Crippen LogP contribution is 2.15. The van der Waals surface area contributed by atoms with Gasteiger partial charge in [-0.15, -0.1) is 0 Å². The van der Waals surface area contributed by atoms with Crippen molar-refractivity contribution in [2.24, 2.45) is 0 Å². The summed E-state index contributed by atoms with van der Waals surface area (Å²) in [6.07, 6.45) is 4.00. The molecule has 4 nitrogen and oxygen atoms in total. The molecule has 0 radical (unpaired) electrons. The van der Waals surface area contributed by atoms with Gasteiger partial charge in [0.25, 0.3) is 0 Å². The number of amides is 1. The van der Waals surface area contributed by atoms with E-state index >= 15 is 0 Å². The molecule has 0 aliphatic rings. The number of aromatic nitrogens is 1. The highest BCUT2D eigenvalue weighted by atomic mass is 16.5. The molecular formula is C15H18N2O2. The van der Waals surface area contributed by atoms with Crippen LogP contribution in [0.5, 0.6) is 0 Å². The molecule has 1 aromatic carbocycles. The molecular weight excluding hydrogens is 240 g/mol. The maximum atomic E-state index is 11.4.